The molecule has 0 bridgehead atoms. The summed E-state index contributed by atoms with van der Waals surface area (Å²) in [5, 5.41) is 5.56. The molecule has 0 spiro atoms. The summed E-state index contributed by atoms with van der Waals surface area (Å²) < 4.78 is 12.4. The van der Waals surface area contributed by atoms with Gasteiger partial charge in [0.15, 0.2) is 5.78 Å². The summed E-state index contributed by atoms with van der Waals surface area (Å²) in [4.78, 5) is 39.9. The molecule has 0 aliphatic carbocycles. The van der Waals surface area contributed by atoms with E-state index in [9.17, 15) is 14.4 Å². The van der Waals surface area contributed by atoms with Crippen molar-refractivity contribution < 1.29 is 23.5 Å². The third-order valence-electron chi connectivity index (χ3n) is 6.54. The van der Waals surface area contributed by atoms with Gasteiger partial charge in [-0.15, -0.1) is 11.8 Å². The number of rotatable bonds is 12. The maximum atomic E-state index is 13.4. The quantitative estimate of drug-likeness (QED) is 0.0779. The van der Waals surface area contributed by atoms with E-state index >= 15 is 0 Å². The lowest BCUT2D eigenvalue weighted by Gasteiger charge is -2.11. The predicted octanol–water partition coefficient (Wildman–Crippen LogP) is 8.49. The Morgan fingerprint density at radius 3 is 2.22 bits per heavy atom. The Kier molecular flexibility index (Phi) is 10.7. The van der Waals surface area contributed by atoms with E-state index in [0.29, 0.717) is 34.9 Å². The fourth-order valence-electron chi connectivity index (χ4n) is 4.25. The van der Waals surface area contributed by atoms with Crippen LogP contribution in [0.25, 0.3) is 17.4 Å². The van der Waals surface area contributed by atoms with Crippen LogP contribution in [0.3, 0.4) is 0 Å². The predicted molar refractivity (Wildman–Crippen MR) is 181 cm³/mol. The van der Waals surface area contributed by atoms with Crippen molar-refractivity contribution in [2.45, 2.75) is 11.8 Å². The summed E-state index contributed by atoms with van der Waals surface area (Å²) in [5.74, 6) is 1.07. The zero-order valence-electron chi connectivity index (χ0n) is 24.3. The summed E-state index contributed by atoms with van der Waals surface area (Å²) in [5.41, 5.74) is 2.44. The van der Waals surface area contributed by atoms with Crippen LogP contribution in [0.4, 0.5) is 5.69 Å². The average molecular weight is 682 g/mol. The summed E-state index contributed by atoms with van der Waals surface area (Å²) in [6.45, 7) is 2.48. The molecule has 0 atom stereocenters. The lowest BCUT2D eigenvalue weighted by molar-refractivity contribution is -0.113. The van der Waals surface area contributed by atoms with Crippen molar-refractivity contribution in [3.8, 4) is 17.1 Å². The van der Waals surface area contributed by atoms with Gasteiger partial charge in [0.25, 0.3) is 11.8 Å². The first-order chi connectivity index (χ1) is 21.9. The zero-order valence-corrected chi connectivity index (χ0v) is 26.7. The number of carbonyl (C=O) groups excluding carboxylic acids is 3. The molecule has 1 heterocycles. The van der Waals surface area contributed by atoms with Gasteiger partial charge in [-0.05, 0) is 91.9 Å². The van der Waals surface area contributed by atoms with Crippen molar-refractivity contribution in [1.82, 2.24) is 5.32 Å². The molecule has 0 fully saturated rings. The van der Waals surface area contributed by atoms with Crippen molar-refractivity contribution >= 4 is 57.1 Å². The van der Waals surface area contributed by atoms with Gasteiger partial charge in [-0.25, -0.2) is 0 Å². The average Bonchev–Trinajstić information content (AvgIpc) is 3.53. The Morgan fingerprint density at radius 1 is 0.822 bits per heavy atom. The first-order valence-electron chi connectivity index (χ1n) is 14.1. The van der Waals surface area contributed by atoms with Gasteiger partial charge in [0.2, 0.25) is 0 Å². The minimum Gasteiger partial charge on any atom is -0.494 e. The number of hydrogen-bond acceptors (Lipinski definition) is 6. The number of amides is 2. The summed E-state index contributed by atoms with van der Waals surface area (Å²) in [7, 11) is 0. The van der Waals surface area contributed by atoms with Crippen LogP contribution >= 0.6 is 27.7 Å². The Morgan fingerprint density at radius 2 is 1.53 bits per heavy atom. The number of anilines is 1. The molecule has 2 N–H and O–H groups in total. The number of nitrogens with one attached hydrogen (secondary N) is 2. The minimum absolute atomic E-state index is 0.00517. The fourth-order valence-corrected chi connectivity index (χ4v) is 5.31. The maximum absolute atomic E-state index is 13.4. The van der Waals surface area contributed by atoms with E-state index in [2.05, 4.69) is 26.6 Å². The van der Waals surface area contributed by atoms with Crippen LogP contribution in [0.1, 0.15) is 33.4 Å². The minimum atomic E-state index is -0.521. The molecule has 0 unspecified atom stereocenters. The summed E-state index contributed by atoms with van der Waals surface area (Å²) in [6, 6.07) is 34.1. The molecular weight excluding hydrogens is 652 g/mol. The number of halogens is 1. The van der Waals surface area contributed by atoms with Gasteiger partial charge in [-0.1, -0.05) is 46.3 Å². The normalized spacial score (nSPS) is 11.1. The van der Waals surface area contributed by atoms with Gasteiger partial charge in [0.05, 0.1) is 12.4 Å². The SMILES string of the molecule is CCOc1ccc(C(=O)CSc2ccc(NC(=O)/C(=C/c3ccc(-c4ccc(Br)cc4)o3)NC(=O)c3ccccc3)cc2)cc1. The van der Waals surface area contributed by atoms with Gasteiger partial charge < -0.3 is 19.8 Å². The highest BCUT2D eigenvalue weighted by atomic mass is 79.9. The van der Waals surface area contributed by atoms with Gasteiger partial charge in [0.1, 0.15) is 23.0 Å². The van der Waals surface area contributed by atoms with Crippen LogP contribution < -0.4 is 15.4 Å². The van der Waals surface area contributed by atoms with Crippen molar-refractivity contribution in [2.75, 3.05) is 17.7 Å². The molecule has 0 saturated carbocycles. The monoisotopic (exact) mass is 680 g/mol. The Hall–Kier alpha value is -4.86. The van der Waals surface area contributed by atoms with E-state index in [0.717, 1.165) is 20.7 Å². The number of ketones is 1. The highest BCUT2D eigenvalue weighted by molar-refractivity contribution is 9.10. The smallest absolute Gasteiger partial charge is 0.272 e. The molecule has 0 aliphatic heterocycles. The maximum Gasteiger partial charge on any atom is 0.272 e. The molecule has 9 heteroatoms. The standard InChI is InChI=1S/C36H29BrN2O5S/c1-2-43-29-16-10-24(11-17-29)33(40)23-45-31-19-14-28(15-20-31)38-36(42)32(39-35(41)26-6-4-3-5-7-26)22-30-18-21-34(44-30)25-8-12-27(37)13-9-25/h3-22H,2,23H2,1H3,(H,38,42)(H,39,41)/b32-22-. The van der Waals surface area contributed by atoms with Crippen molar-refractivity contribution in [2.24, 2.45) is 0 Å². The topological polar surface area (TPSA) is 97.6 Å². The van der Waals surface area contributed by atoms with Crippen LogP contribution in [0.5, 0.6) is 5.75 Å². The fraction of sp³-hybridized carbons (Fsp3) is 0.0833. The first kappa shape index (κ1) is 31.6. The second-order valence-electron chi connectivity index (χ2n) is 9.73. The van der Waals surface area contributed by atoms with E-state index in [1.165, 1.54) is 17.8 Å². The molecule has 0 saturated heterocycles. The second-order valence-corrected chi connectivity index (χ2v) is 11.7. The molecule has 0 aliphatic rings. The van der Waals surface area contributed by atoms with E-state index < -0.39 is 11.8 Å². The Labute approximate surface area is 273 Å². The van der Waals surface area contributed by atoms with Gasteiger partial charge in [0, 0.05) is 37.8 Å². The van der Waals surface area contributed by atoms with Crippen LogP contribution in [0, 0.1) is 0 Å². The lowest BCUT2D eigenvalue weighted by atomic mass is 10.1. The molecule has 1 aromatic heterocycles. The van der Waals surface area contributed by atoms with Crippen LogP contribution in [-0.2, 0) is 4.79 Å². The molecule has 2 amide bonds. The van der Waals surface area contributed by atoms with E-state index in [1.54, 1.807) is 72.8 Å². The largest absolute Gasteiger partial charge is 0.494 e. The van der Waals surface area contributed by atoms with Crippen LogP contribution in [-0.4, -0.2) is 30.0 Å². The third-order valence-corrected chi connectivity index (χ3v) is 8.08. The molecule has 4 aromatic carbocycles. The molecule has 5 aromatic rings. The highest BCUT2D eigenvalue weighted by Gasteiger charge is 2.17. The van der Waals surface area contributed by atoms with Crippen molar-refractivity contribution in [3.05, 3.63) is 142 Å². The van der Waals surface area contributed by atoms with E-state index in [1.807, 2.05) is 49.4 Å². The third kappa shape index (κ3) is 8.84. The number of Topliss-reactive ketones (excluding diaryl/α,β-unsaturated/α-hetero) is 1. The van der Waals surface area contributed by atoms with Crippen LogP contribution in [0.2, 0.25) is 0 Å². The number of furan rings is 1. The van der Waals surface area contributed by atoms with Gasteiger partial charge in [-0.3, -0.25) is 14.4 Å². The second kappa shape index (κ2) is 15.2. The van der Waals surface area contributed by atoms with Crippen molar-refractivity contribution in [1.29, 1.82) is 0 Å². The molecule has 0 radical (unpaired) electrons. The van der Waals surface area contributed by atoms with Crippen LogP contribution in [0.15, 0.2) is 135 Å². The first-order valence-corrected chi connectivity index (χ1v) is 15.9. The van der Waals surface area contributed by atoms with E-state index in [-0.39, 0.29) is 17.2 Å². The Balaban J connectivity index is 1.27. The number of benzene rings is 4. The lowest BCUT2D eigenvalue weighted by Crippen LogP contribution is -2.30. The molecular formula is C36H29BrN2O5S. The molecule has 226 valence electrons. The van der Waals surface area contributed by atoms with Gasteiger partial charge >= 0.3 is 0 Å². The number of hydrogen-bond donors (Lipinski definition) is 2. The zero-order chi connectivity index (χ0) is 31.6. The number of carbonyl (C=O) groups is 3. The summed E-state index contributed by atoms with van der Waals surface area (Å²) >= 11 is 4.83. The highest BCUT2D eigenvalue weighted by Crippen LogP contribution is 2.26. The molecule has 7 nitrogen and oxygen atoms in total. The molecule has 45 heavy (non-hydrogen) atoms. The number of thioether (sulfide) groups is 1. The van der Waals surface area contributed by atoms with Crippen molar-refractivity contribution in [3.63, 3.8) is 0 Å². The number of ether oxygens (including phenoxy) is 1. The Bertz CT molecular complexity index is 1800. The molecule has 5 rings (SSSR count). The van der Waals surface area contributed by atoms with E-state index in [4.69, 9.17) is 9.15 Å². The summed E-state index contributed by atoms with van der Waals surface area (Å²) in [6.07, 6.45) is 1.50. The van der Waals surface area contributed by atoms with Gasteiger partial charge in [-0.2, -0.15) is 0 Å².